The lowest BCUT2D eigenvalue weighted by Gasteiger charge is -2.30. The second kappa shape index (κ2) is 6.84. The van der Waals surface area contributed by atoms with Crippen LogP contribution >= 0.6 is 0 Å². The summed E-state index contributed by atoms with van der Waals surface area (Å²) in [5.41, 5.74) is 2.36. The van der Waals surface area contributed by atoms with E-state index in [4.69, 9.17) is 4.84 Å². The lowest BCUT2D eigenvalue weighted by atomic mass is 9.97. The van der Waals surface area contributed by atoms with Crippen LogP contribution in [0.2, 0.25) is 0 Å². The van der Waals surface area contributed by atoms with Crippen LogP contribution in [0, 0.1) is 0 Å². The number of carbonyl (C=O) groups is 2. The minimum absolute atomic E-state index is 0.176. The molecule has 0 aliphatic carbocycles. The summed E-state index contributed by atoms with van der Waals surface area (Å²) in [4.78, 5) is 34.7. The smallest absolute Gasteiger partial charge is 0.334 e. The van der Waals surface area contributed by atoms with Gasteiger partial charge in [0.2, 0.25) is 0 Å². The Bertz CT molecular complexity index is 1160. The first-order valence-corrected chi connectivity index (χ1v) is 9.69. The van der Waals surface area contributed by atoms with Gasteiger partial charge < -0.3 is 4.84 Å². The third-order valence-electron chi connectivity index (χ3n) is 5.53. The first kappa shape index (κ1) is 18.1. The molecule has 3 aromatic carbocycles. The normalized spacial score (nSPS) is 20.6. The Hall–Kier alpha value is -3.93. The van der Waals surface area contributed by atoms with Gasteiger partial charge in [-0.25, -0.2) is 9.69 Å². The maximum absolute atomic E-state index is 13.2. The van der Waals surface area contributed by atoms with Gasteiger partial charge in [-0.15, -0.1) is 0 Å². The van der Waals surface area contributed by atoms with E-state index in [0.717, 1.165) is 21.6 Å². The van der Waals surface area contributed by atoms with Crippen LogP contribution in [-0.2, 0) is 9.63 Å². The lowest BCUT2D eigenvalue weighted by Crippen LogP contribution is -2.50. The van der Waals surface area contributed by atoms with Crippen molar-refractivity contribution in [2.75, 3.05) is 11.9 Å². The van der Waals surface area contributed by atoms with E-state index in [1.165, 1.54) is 11.9 Å². The number of para-hydroxylation sites is 1. The van der Waals surface area contributed by atoms with Crippen LogP contribution in [-0.4, -0.2) is 35.3 Å². The first-order chi connectivity index (χ1) is 14.6. The molecular formula is C24H19N3O3. The third kappa shape index (κ3) is 2.61. The number of carbonyl (C=O) groups excluding carboxylic acids is 2. The number of benzene rings is 3. The molecule has 1 spiro atoms. The molecule has 2 aliphatic heterocycles. The van der Waals surface area contributed by atoms with Gasteiger partial charge in [-0.1, -0.05) is 84.0 Å². The molecule has 2 heterocycles. The molecule has 3 aromatic rings. The summed E-state index contributed by atoms with van der Waals surface area (Å²) in [6.07, 6.45) is 0.176. The van der Waals surface area contributed by atoms with E-state index in [0.29, 0.717) is 11.4 Å². The number of hydrogen-bond donors (Lipinski definition) is 0. The molecule has 1 atom stereocenters. The summed E-state index contributed by atoms with van der Waals surface area (Å²) in [5.74, 6) is -0.426. The minimum Gasteiger partial charge on any atom is -0.355 e. The lowest BCUT2D eigenvalue weighted by molar-refractivity contribution is -0.144. The number of urea groups is 1. The summed E-state index contributed by atoms with van der Waals surface area (Å²) in [7, 11) is 1.47. The Morgan fingerprint density at radius 2 is 1.43 bits per heavy atom. The van der Waals surface area contributed by atoms with Crippen LogP contribution in [0.3, 0.4) is 0 Å². The van der Waals surface area contributed by atoms with Crippen molar-refractivity contribution in [3.63, 3.8) is 0 Å². The van der Waals surface area contributed by atoms with E-state index in [2.05, 4.69) is 5.16 Å². The molecule has 0 aromatic heterocycles. The summed E-state index contributed by atoms with van der Waals surface area (Å²) in [6, 6.07) is 26.4. The Labute approximate surface area is 174 Å². The minimum atomic E-state index is -1.53. The standard InChI is InChI=1S/C24H19N3O3/c1-26-22(28)24(16-20(25-30-24)18-12-6-3-7-13-18)27(23(26)29)21-15-9-8-14-19(21)17-10-4-2-5-11-17/h2-15H,16H2,1H3. The summed E-state index contributed by atoms with van der Waals surface area (Å²) in [6.45, 7) is 0. The van der Waals surface area contributed by atoms with Crippen molar-refractivity contribution in [3.8, 4) is 11.1 Å². The second-order valence-electron chi connectivity index (χ2n) is 7.32. The van der Waals surface area contributed by atoms with Gasteiger partial charge >= 0.3 is 11.8 Å². The molecule has 0 bridgehead atoms. The van der Waals surface area contributed by atoms with Crippen molar-refractivity contribution in [3.05, 3.63) is 90.5 Å². The molecule has 1 fully saturated rings. The molecule has 5 rings (SSSR count). The molecular weight excluding hydrogens is 378 g/mol. The van der Waals surface area contributed by atoms with E-state index >= 15 is 0 Å². The maximum atomic E-state index is 13.2. The highest BCUT2D eigenvalue weighted by Crippen LogP contribution is 2.44. The topological polar surface area (TPSA) is 62.2 Å². The summed E-state index contributed by atoms with van der Waals surface area (Å²) in [5, 5.41) is 4.21. The number of hydrogen-bond acceptors (Lipinski definition) is 4. The van der Waals surface area contributed by atoms with Gasteiger partial charge in [0.25, 0.3) is 5.91 Å². The van der Waals surface area contributed by atoms with Crippen LogP contribution in [0.4, 0.5) is 10.5 Å². The number of amides is 3. The largest absolute Gasteiger partial charge is 0.355 e. The Morgan fingerprint density at radius 1 is 0.833 bits per heavy atom. The fourth-order valence-corrected chi connectivity index (χ4v) is 4.02. The van der Waals surface area contributed by atoms with Gasteiger partial charge in [0, 0.05) is 12.6 Å². The average molecular weight is 397 g/mol. The van der Waals surface area contributed by atoms with Crippen molar-refractivity contribution < 1.29 is 14.4 Å². The van der Waals surface area contributed by atoms with E-state index in [-0.39, 0.29) is 6.42 Å². The fourth-order valence-electron chi connectivity index (χ4n) is 4.02. The van der Waals surface area contributed by atoms with E-state index in [1.54, 1.807) is 0 Å². The molecule has 148 valence electrons. The number of anilines is 1. The van der Waals surface area contributed by atoms with Crippen molar-refractivity contribution in [2.24, 2.45) is 5.16 Å². The highest BCUT2D eigenvalue weighted by atomic mass is 16.7. The molecule has 0 N–H and O–H groups in total. The monoisotopic (exact) mass is 397 g/mol. The van der Waals surface area contributed by atoms with Gasteiger partial charge in [-0.2, -0.15) is 0 Å². The summed E-state index contributed by atoms with van der Waals surface area (Å²) < 4.78 is 0. The van der Waals surface area contributed by atoms with Crippen molar-refractivity contribution in [2.45, 2.75) is 12.1 Å². The van der Waals surface area contributed by atoms with Crippen molar-refractivity contribution >= 4 is 23.3 Å². The third-order valence-corrected chi connectivity index (χ3v) is 5.53. The molecule has 2 aliphatic rings. The zero-order valence-corrected chi connectivity index (χ0v) is 16.4. The van der Waals surface area contributed by atoms with Crippen LogP contribution in [0.5, 0.6) is 0 Å². The quantitative estimate of drug-likeness (QED) is 0.620. The zero-order valence-electron chi connectivity index (χ0n) is 16.4. The molecule has 0 saturated carbocycles. The Balaban J connectivity index is 1.62. The van der Waals surface area contributed by atoms with Crippen molar-refractivity contribution in [1.82, 2.24) is 4.90 Å². The van der Waals surface area contributed by atoms with Crippen LogP contribution in [0.1, 0.15) is 12.0 Å². The Kier molecular flexibility index (Phi) is 4.13. The molecule has 30 heavy (non-hydrogen) atoms. The summed E-state index contributed by atoms with van der Waals surface area (Å²) >= 11 is 0. The molecule has 0 radical (unpaired) electrons. The van der Waals surface area contributed by atoms with Crippen LogP contribution < -0.4 is 4.90 Å². The van der Waals surface area contributed by atoms with Gasteiger partial charge in [0.15, 0.2) is 0 Å². The van der Waals surface area contributed by atoms with Crippen LogP contribution in [0.25, 0.3) is 11.1 Å². The highest BCUT2D eigenvalue weighted by Gasteiger charge is 2.63. The zero-order chi connectivity index (χ0) is 20.7. The van der Waals surface area contributed by atoms with Gasteiger partial charge in [-0.3, -0.25) is 9.69 Å². The average Bonchev–Trinajstić information content (AvgIpc) is 3.32. The van der Waals surface area contributed by atoms with Crippen molar-refractivity contribution in [1.29, 1.82) is 0 Å². The highest BCUT2D eigenvalue weighted by molar-refractivity contribution is 6.20. The van der Waals surface area contributed by atoms with E-state index in [1.807, 2.05) is 84.9 Å². The van der Waals surface area contributed by atoms with E-state index in [9.17, 15) is 9.59 Å². The molecule has 1 saturated heterocycles. The fraction of sp³-hybridized carbons (Fsp3) is 0.125. The van der Waals surface area contributed by atoms with E-state index < -0.39 is 17.7 Å². The number of oxime groups is 1. The predicted octanol–water partition coefficient (Wildman–Crippen LogP) is 4.27. The first-order valence-electron chi connectivity index (χ1n) is 9.69. The molecule has 6 heteroatoms. The number of nitrogens with zero attached hydrogens (tertiary/aromatic N) is 3. The van der Waals surface area contributed by atoms with Gasteiger partial charge in [0.1, 0.15) is 0 Å². The SMILES string of the molecule is CN1C(=O)N(c2ccccc2-c2ccccc2)C2(CC(c3ccccc3)=NO2)C1=O. The predicted molar refractivity (Wildman–Crippen MR) is 114 cm³/mol. The maximum Gasteiger partial charge on any atom is 0.334 e. The molecule has 3 amide bonds. The number of likely N-dealkylation sites (N-methyl/N-ethyl adjacent to an activating group) is 1. The molecule has 6 nitrogen and oxygen atoms in total. The molecule has 1 unspecified atom stereocenters. The number of imide groups is 1. The second-order valence-corrected chi connectivity index (χ2v) is 7.32. The van der Waals surface area contributed by atoms with Gasteiger partial charge in [0.05, 0.1) is 17.8 Å². The number of rotatable bonds is 3. The van der Waals surface area contributed by atoms with Crippen LogP contribution in [0.15, 0.2) is 90.1 Å². The Morgan fingerprint density at radius 3 is 2.13 bits per heavy atom. The van der Waals surface area contributed by atoms with Gasteiger partial charge in [-0.05, 0) is 17.2 Å².